The first-order valence-electron chi connectivity index (χ1n) is 13.5. The zero-order valence-corrected chi connectivity index (χ0v) is 23.0. The van der Waals surface area contributed by atoms with Crippen LogP contribution in [0.1, 0.15) is 59.5 Å². The van der Waals surface area contributed by atoms with E-state index in [1.807, 2.05) is 29.6 Å². The molecule has 0 radical (unpaired) electrons. The molecule has 0 aliphatic heterocycles. The van der Waals surface area contributed by atoms with E-state index in [2.05, 4.69) is 10.1 Å². The van der Waals surface area contributed by atoms with Gasteiger partial charge in [0.15, 0.2) is 11.6 Å². The fourth-order valence-corrected chi connectivity index (χ4v) is 4.87. The van der Waals surface area contributed by atoms with Crippen LogP contribution in [0.2, 0.25) is 0 Å². The van der Waals surface area contributed by atoms with E-state index in [1.54, 1.807) is 12.1 Å². The molecule has 1 aliphatic rings. The van der Waals surface area contributed by atoms with Crippen molar-refractivity contribution in [3.63, 3.8) is 0 Å². The molecule has 0 unspecified atom stereocenters. The molecule has 1 aliphatic carbocycles. The standard InChI is InChI=1S/C31H31F4N3O4/c1-42-29(40)31(34,35)19-36-28(39)23-9-7-20(8-10-23)18-38(30(41)37-24-13-16-26(32)27(33)17-24)25-14-11-22(12-15-25)21-5-3-2-4-6-21/h7-17,21H,2-6,18-19H2,1H3,(H,36,39)(H,37,41). The minimum Gasteiger partial charge on any atom is -0.465 e. The third kappa shape index (κ3) is 7.65. The number of nitrogens with one attached hydrogen (secondary N) is 2. The average Bonchev–Trinajstić information content (AvgIpc) is 3.01. The van der Waals surface area contributed by atoms with Gasteiger partial charge in [-0.05, 0) is 66.3 Å². The van der Waals surface area contributed by atoms with Gasteiger partial charge in [-0.1, -0.05) is 43.5 Å². The lowest BCUT2D eigenvalue weighted by molar-refractivity contribution is -0.167. The van der Waals surface area contributed by atoms with Crippen LogP contribution in [-0.4, -0.2) is 37.5 Å². The number of ether oxygens (including phenoxy) is 1. The molecule has 4 rings (SSSR count). The van der Waals surface area contributed by atoms with E-state index in [9.17, 15) is 31.9 Å². The number of carbonyl (C=O) groups is 3. The van der Waals surface area contributed by atoms with E-state index >= 15 is 0 Å². The van der Waals surface area contributed by atoms with Crippen LogP contribution in [0.3, 0.4) is 0 Å². The molecule has 0 aromatic heterocycles. The molecular formula is C31H31F4N3O4. The second-order valence-electron chi connectivity index (χ2n) is 10.1. The molecule has 3 amide bonds. The van der Waals surface area contributed by atoms with Gasteiger partial charge < -0.3 is 15.4 Å². The van der Waals surface area contributed by atoms with Crippen molar-refractivity contribution in [3.8, 4) is 0 Å². The lowest BCUT2D eigenvalue weighted by Crippen LogP contribution is -2.42. The summed E-state index contributed by atoms with van der Waals surface area (Å²) in [5.41, 5.74) is 2.48. The molecular weight excluding hydrogens is 554 g/mol. The van der Waals surface area contributed by atoms with Gasteiger partial charge in [-0.3, -0.25) is 9.69 Å². The summed E-state index contributed by atoms with van der Waals surface area (Å²) in [6.45, 7) is -1.18. The second-order valence-corrected chi connectivity index (χ2v) is 10.1. The van der Waals surface area contributed by atoms with E-state index in [0.717, 1.165) is 32.1 Å². The molecule has 222 valence electrons. The van der Waals surface area contributed by atoms with Gasteiger partial charge in [0, 0.05) is 23.0 Å². The molecule has 0 bridgehead atoms. The maximum Gasteiger partial charge on any atom is 0.378 e. The summed E-state index contributed by atoms with van der Waals surface area (Å²) in [4.78, 5) is 38.3. The van der Waals surface area contributed by atoms with Gasteiger partial charge in [0.05, 0.1) is 20.2 Å². The highest BCUT2D eigenvalue weighted by molar-refractivity contribution is 6.01. The van der Waals surface area contributed by atoms with Crippen LogP contribution in [0, 0.1) is 11.6 Å². The van der Waals surface area contributed by atoms with Gasteiger partial charge in [-0.15, -0.1) is 0 Å². The third-order valence-electron chi connectivity index (χ3n) is 7.21. The van der Waals surface area contributed by atoms with Gasteiger partial charge in [-0.2, -0.15) is 8.78 Å². The Morgan fingerprint density at radius 2 is 1.57 bits per heavy atom. The number of urea groups is 1. The Balaban J connectivity index is 1.51. The number of hydrogen-bond acceptors (Lipinski definition) is 4. The van der Waals surface area contributed by atoms with E-state index < -0.39 is 42.0 Å². The highest BCUT2D eigenvalue weighted by Gasteiger charge is 2.40. The topological polar surface area (TPSA) is 87.7 Å². The number of hydrogen-bond donors (Lipinski definition) is 2. The smallest absolute Gasteiger partial charge is 0.378 e. The van der Waals surface area contributed by atoms with Crippen molar-refractivity contribution >= 4 is 29.3 Å². The fourth-order valence-electron chi connectivity index (χ4n) is 4.87. The van der Waals surface area contributed by atoms with E-state index in [-0.39, 0.29) is 17.8 Å². The monoisotopic (exact) mass is 585 g/mol. The molecule has 0 atom stereocenters. The average molecular weight is 586 g/mol. The Morgan fingerprint density at radius 1 is 0.905 bits per heavy atom. The van der Waals surface area contributed by atoms with E-state index in [0.29, 0.717) is 17.2 Å². The molecule has 2 N–H and O–H groups in total. The van der Waals surface area contributed by atoms with Crippen LogP contribution in [0.25, 0.3) is 0 Å². The second kappa shape index (κ2) is 13.5. The summed E-state index contributed by atoms with van der Waals surface area (Å²) in [6, 6.07) is 16.0. The van der Waals surface area contributed by atoms with Crippen LogP contribution < -0.4 is 15.5 Å². The molecule has 7 nitrogen and oxygen atoms in total. The van der Waals surface area contributed by atoms with Crippen LogP contribution in [0.5, 0.6) is 0 Å². The number of alkyl halides is 2. The molecule has 0 saturated heterocycles. The van der Waals surface area contributed by atoms with E-state index in [1.165, 1.54) is 47.9 Å². The number of methoxy groups -OCH3 is 1. The lowest BCUT2D eigenvalue weighted by Gasteiger charge is -2.26. The number of rotatable bonds is 9. The van der Waals surface area contributed by atoms with Gasteiger partial charge in [0.2, 0.25) is 0 Å². The molecule has 3 aromatic rings. The highest BCUT2D eigenvalue weighted by Crippen LogP contribution is 2.33. The van der Waals surface area contributed by atoms with Crippen LogP contribution in [0.4, 0.5) is 33.7 Å². The summed E-state index contributed by atoms with van der Waals surface area (Å²) in [5, 5.41) is 4.59. The summed E-state index contributed by atoms with van der Waals surface area (Å²) in [6.07, 6.45) is 5.81. The van der Waals surface area contributed by atoms with Gasteiger partial charge >= 0.3 is 17.9 Å². The molecule has 1 fully saturated rings. The molecule has 42 heavy (non-hydrogen) atoms. The van der Waals surface area contributed by atoms with Gasteiger partial charge in [0.1, 0.15) is 0 Å². The maximum absolute atomic E-state index is 13.8. The van der Waals surface area contributed by atoms with E-state index in [4.69, 9.17) is 0 Å². The number of amides is 3. The fraction of sp³-hybridized carbons (Fsp3) is 0.323. The first-order valence-corrected chi connectivity index (χ1v) is 13.5. The zero-order chi connectivity index (χ0) is 30.3. The minimum absolute atomic E-state index is 0.0423. The van der Waals surface area contributed by atoms with Crippen molar-refractivity contribution in [2.45, 2.75) is 50.5 Å². The van der Waals surface area contributed by atoms with Gasteiger partial charge in [-0.25, -0.2) is 18.4 Å². The Kier molecular flexibility index (Phi) is 9.82. The molecule has 0 spiro atoms. The Bertz CT molecular complexity index is 1410. The predicted octanol–water partition coefficient (Wildman–Crippen LogP) is 6.79. The van der Waals surface area contributed by atoms with Crippen molar-refractivity contribution < 1.29 is 36.7 Å². The Hall–Kier alpha value is -4.41. The summed E-state index contributed by atoms with van der Waals surface area (Å²) >= 11 is 0. The molecule has 0 heterocycles. The number of nitrogens with zero attached hydrogens (tertiary/aromatic N) is 1. The first-order chi connectivity index (χ1) is 20.1. The number of halogens is 4. The van der Waals surface area contributed by atoms with Crippen molar-refractivity contribution in [2.75, 3.05) is 23.9 Å². The zero-order valence-electron chi connectivity index (χ0n) is 23.0. The SMILES string of the molecule is COC(=O)C(F)(F)CNC(=O)c1ccc(CN(C(=O)Nc2ccc(F)c(F)c2)c2ccc(C3CCCCC3)cc2)cc1. The number of carbonyl (C=O) groups excluding carboxylic acids is 3. The molecule has 11 heteroatoms. The minimum atomic E-state index is -3.88. The summed E-state index contributed by atoms with van der Waals surface area (Å²) in [7, 11) is 0.823. The van der Waals surface area contributed by atoms with Crippen molar-refractivity contribution in [2.24, 2.45) is 0 Å². The Labute approximate surface area is 240 Å². The van der Waals surface area contributed by atoms with Crippen LogP contribution in [-0.2, 0) is 16.1 Å². The van der Waals surface area contributed by atoms with Gasteiger partial charge in [0.25, 0.3) is 5.91 Å². The van der Waals surface area contributed by atoms with Crippen molar-refractivity contribution in [1.29, 1.82) is 0 Å². The Morgan fingerprint density at radius 3 is 2.19 bits per heavy atom. The number of benzene rings is 3. The quantitative estimate of drug-likeness (QED) is 0.214. The summed E-state index contributed by atoms with van der Waals surface area (Å²) in [5.74, 6) is -8.14. The normalized spacial score (nSPS) is 13.7. The molecule has 3 aromatic carbocycles. The first kappa shape index (κ1) is 30.5. The third-order valence-corrected chi connectivity index (χ3v) is 7.21. The maximum atomic E-state index is 13.8. The number of anilines is 2. The largest absolute Gasteiger partial charge is 0.465 e. The number of esters is 1. The summed E-state index contributed by atoms with van der Waals surface area (Å²) < 4.78 is 58.6. The van der Waals surface area contributed by atoms with Crippen molar-refractivity contribution in [3.05, 3.63) is 95.1 Å². The predicted molar refractivity (Wildman–Crippen MR) is 150 cm³/mol. The van der Waals surface area contributed by atoms with Crippen LogP contribution >= 0.6 is 0 Å². The van der Waals surface area contributed by atoms with Crippen LogP contribution in [0.15, 0.2) is 66.7 Å². The molecule has 1 saturated carbocycles. The van der Waals surface area contributed by atoms with Crippen molar-refractivity contribution in [1.82, 2.24) is 5.32 Å². The highest BCUT2D eigenvalue weighted by atomic mass is 19.3. The lowest BCUT2D eigenvalue weighted by atomic mass is 9.84.